The van der Waals surface area contributed by atoms with E-state index in [2.05, 4.69) is 21.2 Å². The second kappa shape index (κ2) is 4.59. The standard InChI is InChI=1S/C9H10BrNO3S/c10-7-2-1-6(14-7)8-11-5(9(12)13)3-4-15-8/h1-2,5,8,11H,3-4H2,(H,12,13). The highest BCUT2D eigenvalue weighted by Gasteiger charge is 2.28. The Morgan fingerprint density at radius 3 is 3.07 bits per heavy atom. The molecule has 2 rings (SSSR count). The van der Waals surface area contributed by atoms with Gasteiger partial charge in [0.15, 0.2) is 4.67 Å². The Labute approximate surface area is 99.5 Å². The number of thioether (sulfide) groups is 1. The molecular weight excluding hydrogens is 282 g/mol. The fourth-order valence-corrected chi connectivity index (χ4v) is 2.92. The van der Waals surface area contributed by atoms with Crippen molar-refractivity contribution < 1.29 is 14.3 Å². The van der Waals surface area contributed by atoms with Crippen molar-refractivity contribution in [3.63, 3.8) is 0 Å². The van der Waals surface area contributed by atoms with Crippen LogP contribution in [0, 0.1) is 0 Å². The first-order valence-electron chi connectivity index (χ1n) is 4.52. The molecule has 82 valence electrons. The molecule has 6 heteroatoms. The van der Waals surface area contributed by atoms with Crippen LogP contribution in [0.5, 0.6) is 0 Å². The molecule has 0 spiro atoms. The summed E-state index contributed by atoms with van der Waals surface area (Å²) in [6.45, 7) is 0. The number of carbonyl (C=O) groups is 1. The molecule has 0 saturated carbocycles. The Kier molecular flexibility index (Phi) is 3.38. The van der Waals surface area contributed by atoms with Crippen molar-refractivity contribution >= 4 is 33.7 Å². The third-order valence-electron chi connectivity index (χ3n) is 2.19. The lowest BCUT2D eigenvalue weighted by atomic mass is 10.2. The fraction of sp³-hybridized carbons (Fsp3) is 0.444. The summed E-state index contributed by atoms with van der Waals surface area (Å²) >= 11 is 4.88. The summed E-state index contributed by atoms with van der Waals surface area (Å²) in [7, 11) is 0. The van der Waals surface area contributed by atoms with E-state index in [1.165, 1.54) is 0 Å². The van der Waals surface area contributed by atoms with Crippen molar-refractivity contribution in [2.75, 3.05) is 5.75 Å². The molecule has 1 aliphatic rings. The van der Waals surface area contributed by atoms with Gasteiger partial charge in [0.2, 0.25) is 0 Å². The van der Waals surface area contributed by atoms with Gasteiger partial charge in [0.05, 0.1) is 0 Å². The Morgan fingerprint density at radius 1 is 1.67 bits per heavy atom. The predicted molar refractivity (Wildman–Crippen MR) is 60.8 cm³/mol. The Bertz CT molecular complexity index is 368. The number of rotatable bonds is 2. The lowest BCUT2D eigenvalue weighted by Crippen LogP contribution is -2.41. The number of hydrogen-bond acceptors (Lipinski definition) is 4. The zero-order valence-electron chi connectivity index (χ0n) is 7.77. The molecule has 4 nitrogen and oxygen atoms in total. The van der Waals surface area contributed by atoms with Crippen LogP contribution in [0.15, 0.2) is 21.2 Å². The van der Waals surface area contributed by atoms with E-state index in [9.17, 15) is 4.79 Å². The van der Waals surface area contributed by atoms with Gasteiger partial charge < -0.3 is 9.52 Å². The van der Waals surface area contributed by atoms with Gasteiger partial charge in [-0.15, -0.1) is 11.8 Å². The van der Waals surface area contributed by atoms with E-state index >= 15 is 0 Å². The largest absolute Gasteiger partial charge is 0.480 e. The number of halogens is 1. The van der Waals surface area contributed by atoms with E-state index in [4.69, 9.17) is 9.52 Å². The predicted octanol–water partition coefficient (Wildman–Crippen LogP) is 2.22. The van der Waals surface area contributed by atoms with Crippen molar-refractivity contribution in [1.82, 2.24) is 5.32 Å². The molecule has 0 aromatic carbocycles. The molecule has 0 amide bonds. The maximum absolute atomic E-state index is 10.8. The summed E-state index contributed by atoms with van der Waals surface area (Å²) in [5, 5.41) is 11.9. The number of furan rings is 1. The van der Waals surface area contributed by atoms with E-state index in [-0.39, 0.29) is 5.37 Å². The van der Waals surface area contributed by atoms with Crippen LogP contribution in [0.1, 0.15) is 17.6 Å². The molecule has 1 aromatic heterocycles. The second-order valence-corrected chi connectivity index (χ2v) is 5.23. The number of nitrogens with one attached hydrogen (secondary N) is 1. The molecule has 0 bridgehead atoms. The lowest BCUT2D eigenvalue weighted by Gasteiger charge is -2.26. The fourth-order valence-electron chi connectivity index (χ4n) is 1.45. The lowest BCUT2D eigenvalue weighted by molar-refractivity contribution is -0.139. The first kappa shape index (κ1) is 11.0. The van der Waals surface area contributed by atoms with Crippen molar-refractivity contribution in [2.45, 2.75) is 17.8 Å². The van der Waals surface area contributed by atoms with Crippen LogP contribution in [-0.4, -0.2) is 22.9 Å². The summed E-state index contributed by atoms with van der Waals surface area (Å²) < 4.78 is 6.06. The maximum atomic E-state index is 10.8. The van der Waals surface area contributed by atoms with Gasteiger partial charge in [0, 0.05) is 0 Å². The molecule has 2 heterocycles. The van der Waals surface area contributed by atoms with E-state index < -0.39 is 12.0 Å². The van der Waals surface area contributed by atoms with Crippen LogP contribution in [0.25, 0.3) is 0 Å². The zero-order chi connectivity index (χ0) is 10.8. The van der Waals surface area contributed by atoms with Crippen molar-refractivity contribution in [3.05, 3.63) is 22.6 Å². The maximum Gasteiger partial charge on any atom is 0.320 e. The van der Waals surface area contributed by atoms with Gasteiger partial charge in [-0.1, -0.05) is 0 Å². The highest BCUT2D eigenvalue weighted by atomic mass is 79.9. The minimum Gasteiger partial charge on any atom is -0.480 e. The van der Waals surface area contributed by atoms with Gasteiger partial charge in [-0.05, 0) is 40.2 Å². The van der Waals surface area contributed by atoms with Gasteiger partial charge in [-0.25, -0.2) is 0 Å². The Morgan fingerprint density at radius 2 is 2.47 bits per heavy atom. The minimum atomic E-state index is -0.800. The quantitative estimate of drug-likeness (QED) is 0.875. The zero-order valence-corrected chi connectivity index (χ0v) is 10.2. The van der Waals surface area contributed by atoms with Gasteiger partial charge in [0.25, 0.3) is 0 Å². The highest BCUT2D eigenvalue weighted by molar-refractivity contribution is 9.10. The summed E-state index contributed by atoms with van der Waals surface area (Å²) in [5.41, 5.74) is 0. The monoisotopic (exact) mass is 291 g/mol. The molecule has 0 aliphatic carbocycles. The molecule has 1 aliphatic heterocycles. The summed E-state index contributed by atoms with van der Waals surface area (Å²) in [5.74, 6) is 0.788. The molecule has 2 unspecified atom stereocenters. The summed E-state index contributed by atoms with van der Waals surface area (Å²) in [6, 6.07) is 3.18. The first-order chi connectivity index (χ1) is 7.16. The second-order valence-electron chi connectivity index (χ2n) is 3.24. The SMILES string of the molecule is O=C(O)C1CCSC(c2ccc(Br)o2)N1. The van der Waals surface area contributed by atoms with Crippen LogP contribution >= 0.6 is 27.7 Å². The van der Waals surface area contributed by atoms with E-state index in [1.807, 2.05) is 12.1 Å². The van der Waals surface area contributed by atoms with Gasteiger partial charge >= 0.3 is 5.97 Å². The van der Waals surface area contributed by atoms with Crippen molar-refractivity contribution in [2.24, 2.45) is 0 Å². The van der Waals surface area contributed by atoms with Crippen LogP contribution in [0.4, 0.5) is 0 Å². The van der Waals surface area contributed by atoms with Crippen LogP contribution in [-0.2, 0) is 4.79 Å². The highest BCUT2D eigenvalue weighted by Crippen LogP contribution is 2.33. The van der Waals surface area contributed by atoms with Crippen molar-refractivity contribution in [1.29, 1.82) is 0 Å². The van der Waals surface area contributed by atoms with E-state index in [0.29, 0.717) is 11.1 Å². The van der Waals surface area contributed by atoms with Gasteiger partial charge in [-0.2, -0.15) is 0 Å². The topological polar surface area (TPSA) is 62.5 Å². The average molecular weight is 292 g/mol. The molecule has 0 radical (unpaired) electrons. The number of carboxylic acids is 1. The number of hydrogen-bond donors (Lipinski definition) is 2. The summed E-state index contributed by atoms with van der Waals surface area (Å²) in [6.07, 6.45) is 0.651. The normalized spacial score (nSPS) is 26.5. The molecule has 1 fully saturated rings. The number of carboxylic acid groups (broad SMARTS) is 1. The Balaban J connectivity index is 2.07. The van der Waals surface area contributed by atoms with Gasteiger partial charge in [0.1, 0.15) is 17.2 Å². The average Bonchev–Trinajstić information content (AvgIpc) is 2.65. The van der Waals surface area contributed by atoms with Crippen LogP contribution in [0.3, 0.4) is 0 Å². The van der Waals surface area contributed by atoms with Crippen LogP contribution < -0.4 is 5.32 Å². The van der Waals surface area contributed by atoms with E-state index in [1.54, 1.807) is 11.8 Å². The first-order valence-corrected chi connectivity index (χ1v) is 6.36. The Hall–Kier alpha value is -0.460. The molecule has 1 aromatic rings. The molecule has 1 saturated heterocycles. The molecule has 2 atom stereocenters. The van der Waals surface area contributed by atoms with Crippen LogP contribution in [0.2, 0.25) is 0 Å². The van der Waals surface area contributed by atoms with Gasteiger partial charge in [-0.3, -0.25) is 10.1 Å². The number of aliphatic carboxylic acids is 1. The molecular formula is C9H10BrNO3S. The third kappa shape index (κ3) is 2.56. The van der Waals surface area contributed by atoms with Crippen molar-refractivity contribution in [3.8, 4) is 0 Å². The molecule has 15 heavy (non-hydrogen) atoms. The smallest absolute Gasteiger partial charge is 0.320 e. The molecule has 2 N–H and O–H groups in total. The summed E-state index contributed by atoms with van der Waals surface area (Å²) in [4.78, 5) is 10.8. The van der Waals surface area contributed by atoms with E-state index in [0.717, 1.165) is 11.5 Å². The third-order valence-corrected chi connectivity index (χ3v) is 3.79. The minimum absolute atomic E-state index is 0.0638.